The summed E-state index contributed by atoms with van der Waals surface area (Å²) in [6, 6.07) is 8.86. The number of fused-ring (bicyclic) bond motifs is 1. The van der Waals surface area contributed by atoms with Gasteiger partial charge in [-0.2, -0.15) is 0 Å². The molecule has 1 amide bonds. The summed E-state index contributed by atoms with van der Waals surface area (Å²) in [5.74, 6) is -0.0329. The van der Waals surface area contributed by atoms with Crippen molar-refractivity contribution in [2.24, 2.45) is 0 Å². The molecule has 3 heterocycles. The number of amides is 1. The Morgan fingerprint density at radius 1 is 1.17 bits per heavy atom. The van der Waals surface area contributed by atoms with Crippen molar-refractivity contribution in [2.75, 3.05) is 38.0 Å². The van der Waals surface area contributed by atoms with Crippen LogP contribution >= 0.6 is 22.9 Å². The van der Waals surface area contributed by atoms with Gasteiger partial charge in [-0.15, -0.1) is 11.3 Å². The van der Waals surface area contributed by atoms with Gasteiger partial charge in [-0.05, 0) is 12.1 Å². The van der Waals surface area contributed by atoms with Gasteiger partial charge >= 0.3 is 0 Å². The molecule has 1 aliphatic heterocycles. The molecular weight excluding hydrogens is 410 g/mol. The summed E-state index contributed by atoms with van der Waals surface area (Å²) in [4.78, 5) is 34.2. The predicted molar refractivity (Wildman–Crippen MR) is 116 cm³/mol. The lowest BCUT2D eigenvalue weighted by Gasteiger charge is -2.34. The highest BCUT2D eigenvalue weighted by Gasteiger charge is 2.18. The first kappa shape index (κ1) is 20.0. The molecule has 9 heteroatoms. The van der Waals surface area contributed by atoms with Crippen LogP contribution in [0.25, 0.3) is 4.96 Å². The van der Waals surface area contributed by atoms with E-state index in [1.807, 2.05) is 17.5 Å². The third-order valence-corrected chi connectivity index (χ3v) is 6.10. The Balaban J connectivity index is 1.23. The molecule has 2 aromatic heterocycles. The van der Waals surface area contributed by atoms with Gasteiger partial charge < -0.3 is 10.2 Å². The smallest absolute Gasteiger partial charge is 0.258 e. The van der Waals surface area contributed by atoms with Crippen molar-refractivity contribution >= 4 is 39.5 Å². The summed E-state index contributed by atoms with van der Waals surface area (Å²) >= 11 is 7.55. The van der Waals surface area contributed by atoms with Crippen molar-refractivity contribution in [3.63, 3.8) is 0 Å². The van der Waals surface area contributed by atoms with Gasteiger partial charge in [0.1, 0.15) is 0 Å². The van der Waals surface area contributed by atoms with Crippen LogP contribution in [-0.4, -0.2) is 57.8 Å². The molecule has 0 aliphatic carbocycles. The van der Waals surface area contributed by atoms with E-state index in [0.29, 0.717) is 30.2 Å². The number of para-hydroxylation sites is 1. The number of hydrogen-bond donors (Lipinski definition) is 1. The fraction of sp³-hybridized carbons (Fsp3) is 0.350. The largest absolute Gasteiger partial charge is 0.325 e. The monoisotopic (exact) mass is 431 g/mol. The number of benzene rings is 1. The molecule has 0 atom stereocenters. The third-order valence-electron chi connectivity index (χ3n) is 5.01. The first-order valence-corrected chi connectivity index (χ1v) is 10.8. The first-order chi connectivity index (χ1) is 14.1. The molecule has 152 valence electrons. The zero-order valence-electron chi connectivity index (χ0n) is 15.9. The van der Waals surface area contributed by atoms with Crippen LogP contribution in [0, 0.1) is 0 Å². The minimum atomic E-state index is -0.0329. The van der Waals surface area contributed by atoms with Crippen LogP contribution in [0.3, 0.4) is 0 Å². The number of aromatic nitrogens is 2. The Labute approximate surface area is 177 Å². The maximum absolute atomic E-state index is 12.2. The number of halogens is 1. The topological polar surface area (TPSA) is 70.0 Å². The number of anilines is 1. The number of carbonyl (C=O) groups excluding carboxylic acids is 1. The number of hydrogen-bond acceptors (Lipinski definition) is 6. The molecule has 0 radical (unpaired) electrons. The molecule has 1 N–H and O–H groups in total. The number of piperazine rings is 1. The first-order valence-electron chi connectivity index (χ1n) is 9.53. The lowest BCUT2D eigenvalue weighted by molar-refractivity contribution is -0.116. The minimum absolute atomic E-state index is 0.0329. The molecular formula is C20H22ClN5O2S. The fourth-order valence-electron chi connectivity index (χ4n) is 3.40. The normalized spacial score (nSPS) is 15.6. The van der Waals surface area contributed by atoms with E-state index < -0.39 is 0 Å². The van der Waals surface area contributed by atoms with Crippen LogP contribution in [0.2, 0.25) is 5.02 Å². The predicted octanol–water partition coefficient (Wildman–Crippen LogP) is 2.56. The van der Waals surface area contributed by atoms with Crippen molar-refractivity contribution in [1.29, 1.82) is 0 Å². The summed E-state index contributed by atoms with van der Waals surface area (Å²) in [7, 11) is 0. The number of rotatable bonds is 6. The molecule has 29 heavy (non-hydrogen) atoms. The van der Waals surface area contributed by atoms with Gasteiger partial charge in [0, 0.05) is 63.3 Å². The standard InChI is InChI=1S/C20H22ClN5O2S/c21-16-3-1-2-4-17(16)23-18(27)5-6-24-7-9-25(10-8-24)14-15-13-19(28)26-11-12-29-20(26)22-15/h1-4,11-13H,5-10,14H2,(H,23,27). The summed E-state index contributed by atoms with van der Waals surface area (Å²) in [6.45, 7) is 4.93. The van der Waals surface area contributed by atoms with Gasteiger partial charge in [0.05, 0.1) is 16.4 Å². The van der Waals surface area contributed by atoms with Crippen LogP contribution in [0.1, 0.15) is 12.1 Å². The van der Waals surface area contributed by atoms with Crippen molar-refractivity contribution in [2.45, 2.75) is 13.0 Å². The molecule has 7 nitrogen and oxygen atoms in total. The zero-order chi connectivity index (χ0) is 20.2. The van der Waals surface area contributed by atoms with Crippen molar-refractivity contribution in [1.82, 2.24) is 19.2 Å². The van der Waals surface area contributed by atoms with E-state index in [2.05, 4.69) is 20.1 Å². The number of nitrogens with one attached hydrogen (secondary N) is 1. The number of nitrogens with zero attached hydrogens (tertiary/aromatic N) is 4. The van der Waals surface area contributed by atoms with Crippen LogP contribution in [0.5, 0.6) is 0 Å². The van der Waals surface area contributed by atoms with Gasteiger partial charge in [0.2, 0.25) is 5.91 Å². The van der Waals surface area contributed by atoms with E-state index in [0.717, 1.165) is 36.8 Å². The highest BCUT2D eigenvalue weighted by molar-refractivity contribution is 7.15. The highest BCUT2D eigenvalue weighted by Crippen LogP contribution is 2.20. The van der Waals surface area contributed by atoms with E-state index in [1.165, 1.54) is 11.3 Å². The van der Waals surface area contributed by atoms with E-state index >= 15 is 0 Å². The summed E-state index contributed by atoms with van der Waals surface area (Å²) in [5, 5.41) is 5.28. The zero-order valence-corrected chi connectivity index (χ0v) is 17.5. The molecule has 0 bridgehead atoms. The van der Waals surface area contributed by atoms with Crippen LogP contribution in [-0.2, 0) is 11.3 Å². The molecule has 0 saturated carbocycles. The molecule has 4 rings (SSSR count). The average molecular weight is 432 g/mol. The second-order valence-corrected chi connectivity index (χ2v) is 8.32. The number of carbonyl (C=O) groups is 1. The Morgan fingerprint density at radius 2 is 1.93 bits per heavy atom. The lowest BCUT2D eigenvalue weighted by Crippen LogP contribution is -2.46. The number of thiazole rings is 1. The quantitative estimate of drug-likeness (QED) is 0.649. The molecule has 0 spiro atoms. The maximum Gasteiger partial charge on any atom is 0.258 e. The Morgan fingerprint density at radius 3 is 2.72 bits per heavy atom. The summed E-state index contributed by atoms with van der Waals surface area (Å²) in [6.07, 6.45) is 2.18. The van der Waals surface area contributed by atoms with E-state index in [9.17, 15) is 9.59 Å². The average Bonchev–Trinajstić information content (AvgIpc) is 3.18. The van der Waals surface area contributed by atoms with Crippen LogP contribution < -0.4 is 10.9 Å². The van der Waals surface area contributed by atoms with Gasteiger partial charge in [0.25, 0.3) is 5.56 Å². The Kier molecular flexibility index (Phi) is 6.25. The molecule has 0 unspecified atom stereocenters. The van der Waals surface area contributed by atoms with Crippen molar-refractivity contribution < 1.29 is 4.79 Å². The molecule has 1 aliphatic rings. The highest BCUT2D eigenvalue weighted by atomic mass is 35.5. The van der Waals surface area contributed by atoms with E-state index in [1.54, 1.807) is 28.8 Å². The second-order valence-electron chi connectivity index (χ2n) is 7.04. The molecule has 3 aromatic rings. The van der Waals surface area contributed by atoms with Crippen molar-refractivity contribution in [3.8, 4) is 0 Å². The Bertz CT molecular complexity index is 1060. The van der Waals surface area contributed by atoms with E-state index in [4.69, 9.17) is 11.6 Å². The van der Waals surface area contributed by atoms with Gasteiger partial charge in [-0.1, -0.05) is 23.7 Å². The van der Waals surface area contributed by atoms with Gasteiger partial charge in [0.15, 0.2) is 4.96 Å². The lowest BCUT2D eigenvalue weighted by atomic mass is 10.2. The third kappa shape index (κ3) is 5.02. The minimum Gasteiger partial charge on any atom is -0.325 e. The summed E-state index contributed by atoms with van der Waals surface area (Å²) in [5.41, 5.74) is 1.43. The molecule has 1 saturated heterocycles. The van der Waals surface area contributed by atoms with Gasteiger partial charge in [-0.25, -0.2) is 4.98 Å². The molecule has 1 fully saturated rings. The van der Waals surface area contributed by atoms with Crippen molar-refractivity contribution in [3.05, 3.63) is 63.0 Å². The molecule has 1 aromatic carbocycles. The van der Waals surface area contributed by atoms with Gasteiger partial charge in [-0.3, -0.25) is 18.9 Å². The van der Waals surface area contributed by atoms with E-state index in [-0.39, 0.29) is 11.5 Å². The fourth-order valence-corrected chi connectivity index (χ4v) is 4.33. The Hall–Kier alpha value is -2.26. The maximum atomic E-state index is 12.2. The van der Waals surface area contributed by atoms with Crippen LogP contribution in [0.4, 0.5) is 5.69 Å². The van der Waals surface area contributed by atoms with Crippen LogP contribution in [0.15, 0.2) is 46.7 Å². The second kappa shape index (κ2) is 9.04. The SMILES string of the molecule is O=C(CCN1CCN(Cc2cc(=O)n3ccsc3n2)CC1)Nc1ccccc1Cl. The summed E-state index contributed by atoms with van der Waals surface area (Å²) < 4.78 is 1.57.